The standard InChI is InChI=1S/C14H13N3/c1-10-5-3-7-13(11(10)2)17-14-8-4-6-12(9-15)16-14/h3-8H,1-2H3,(H,16,17). The third-order valence-electron chi connectivity index (χ3n) is 2.73. The molecule has 0 fully saturated rings. The largest absolute Gasteiger partial charge is 0.340 e. The molecule has 0 unspecified atom stereocenters. The van der Waals surface area contributed by atoms with E-state index in [1.54, 1.807) is 6.07 Å². The van der Waals surface area contributed by atoms with Gasteiger partial charge in [-0.3, -0.25) is 0 Å². The molecule has 0 radical (unpaired) electrons. The van der Waals surface area contributed by atoms with Gasteiger partial charge in [0.1, 0.15) is 17.6 Å². The minimum atomic E-state index is 0.417. The molecule has 0 saturated heterocycles. The highest BCUT2D eigenvalue weighted by Gasteiger charge is 2.02. The summed E-state index contributed by atoms with van der Waals surface area (Å²) in [7, 11) is 0. The average Bonchev–Trinajstić information content (AvgIpc) is 2.35. The van der Waals surface area contributed by atoms with E-state index in [4.69, 9.17) is 5.26 Å². The highest BCUT2D eigenvalue weighted by molar-refractivity contribution is 5.62. The summed E-state index contributed by atoms with van der Waals surface area (Å²) >= 11 is 0. The molecule has 3 heteroatoms. The fourth-order valence-corrected chi connectivity index (χ4v) is 1.59. The van der Waals surface area contributed by atoms with Crippen LogP contribution >= 0.6 is 0 Å². The van der Waals surface area contributed by atoms with E-state index in [1.165, 1.54) is 11.1 Å². The number of pyridine rings is 1. The molecular weight excluding hydrogens is 210 g/mol. The van der Waals surface area contributed by atoms with Crippen molar-refractivity contribution in [3.8, 4) is 6.07 Å². The molecule has 2 rings (SSSR count). The lowest BCUT2D eigenvalue weighted by Gasteiger charge is -2.10. The predicted molar refractivity (Wildman–Crippen MR) is 68.2 cm³/mol. The molecule has 3 nitrogen and oxygen atoms in total. The van der Waals surface area contributed by atoms with Gasteiger partial charge < -0.3 is 5.32 Å². The lowest BCUT2D eigenvalue weighted by atomic mass is 10.1. The maximum Gasteiger partial charge on any atom is 0.142 e. The number of hydrogen-bond acceptors (Lipinski definition) is 3. The van der Waals surface area contributed by atoms with E-state index in [0.717, 1.165) is 5.69 Å². The van der Waals surface area contributed by atoms with Crippen molar-refractivity contribution in [1.82, 2.24) is 4.98 Å². The Bertz CT molecular complexity index is 582. The molecule has 0 spiro atoms. The van der Waals surface area contributed by atoms with Crippen molar-refractivity contribution in [3.63, 3.8) is 0 Å². The second kappa shape index (κ2) is 4.67. The average molecular weight is 223 g/mol. The number of aromatic nitrogens is 1. The van der Waals surface area contributed by atoms with Crippen molar-refractivity contribution in [2.24, 2.45) is 0 Å². The van der Waals surface area contributed by atoms with Crippen LogP contribution in [0.5, 0.6) is 0 Å². The fourth-order valence-electron chi connectivity index (χ4n) is 1.59. The number of benzene rings is 1. The molecule has 0 saturated carbocycles. The van der Waals surface area contributed by atoms with E-state index >= 15 is 0 Å². The number of hydrogen-bond donors (Lipinski definition) is 1. The highest BCUT2D eigenvalue weighted by atomic mass is 15.0. The number of rotatable bonds is 2. The lowest BCUT2D eigenvalue weighted by Crippen LogP contribution is -1.97. The van der Waals surface area contributed by atoms with Gasteiger partial charge in [0.05, 0.1) is 0 Å². The van der Waals surface area contributed by atoms with Crippen LogP contribution in [0.3, 0.4) is 0 Å². The van der Waals surface area contributed by atoms with Crippen molar-refractivity contribution in [2.75, 3.05) is 5.32 Å². The van der Waals surface area contributed by atoms with Gasteiger partial charge in [-0.2, -0.15) is 5.26 Å². The first-order valence-electron chi connectivity index (χ1n) is 5.41. The van der Waals surface area contributed by atoms with Gasteiger partial charge in [-0.05, 0) is 43.2 Å². The third kappa shape index (κ3) is 2.43. The van der Waals surface area contributed by atoms with E-state index in [0.29, 0.717) is 11.5 Å². The van der Waals surface area contributed by atoms with Gasteiger partial charge in [-0.15, -0.1) is 0 Å². The second-order valence-electron chi connectivity index (χ2n) is 3.89. The van der Waals surface area contributed by atoms with Gasteiger partial charge in [0.15, 0.2) is 0 Å². The van der Waals surface area contributed by atoms with E-state index in [9.17, 15) is 0 Å². The van der Waals surface area contributed by atoms with Gasteiger partial charge >= 0.3 is 0 Å². The molecule has 2 aromatic rings. The zero-order chi connectivity index (χ0) is 12.3. The molecule has 1 heterocycles. The van der Waals surface area contributed by atoms with Gasteiger partial charge in [0.2, 0.25) is 0 Å². The summed E-state index contributed by atoms with van der Waals surface area (Å²) in [6.07, 6.45) is 0. The number of aryl methyl sites for hydroxylation is 1. The van der Waals surface area contributed by atoms with Crippen LogP contribution in [0, 0.1) is 25.2 Å². The molecule has 1 aromatic heterocycles. The maximum absolute atomic E-state index is 8.79. The van der Waals surface area contributed by atoms with Crippen LogP contribution in [-0.4, -0.2) is 4.98 Å². The van der Waals surface area contributed by atoms with Gasteiger partial charge in [-0.25, -0.2) is 4.98 Å². The van der Waals surface area contributed by atoms with Gasteiger partial charge in [-0.1, -0.05) is 18.2 Å². The molecule has 1 N–H and O–H groups in total. The first kappa shape index (κ1) is 11.2. The van der Waals surface area contributed by atoms with Gasteiger partial charge in [0.25, 0.3) is 0 Å². The van der Waals surface area contributed by atoms with Crippen molar-refractivity contribution in [3.05, 3.63) is 53.2 Å². The summed E-state index contributed by atoms with van der Waals surface area (Å²) in [5.74, 6) is 0.692. The number of nitrogens with one attached hydrogen (secondary N) is 1. The second-order valence-corrected chi connectivity index (χ2v) is 3.89. The Balaban J connectivity index is 2.32. The van der Waals surface area contributed by atoms with E-state index in [1.807, 2.05) is 30.3 Å². The topological polar surface area (TPSA) is 48.7 Å². The molecule has 17 heavy (non-hydrogen) atoms. The summed E-state index contributed by atoms with van der Waals surface area (Å²) in [6.45, 7) is 4.13. The Morgan fingerprint density at radius 2 is 1.88 bits per heavy atom. The fraction of sp³-hybridized carbons (Fsp3) is 0.143. The Kier molecular flexibility index (Phi) is 3.06. The maximum atomic E-state index is 8.79. The van der Waals surface area contributed by atoms with E-state index < -0.39 is 0 Å². The normalized spacial score (nSPS) is 9.71. The SMILES string of the molecule is Cc1cccc(Nc2cccc(C#N)n2)c1C. The predicted octanol–water partition coefficient (Wildman–Crippen LogP) is 3.31. The minimum absolute atomic E-state index is 0.417. The molecule has 0 amide bonds. The molecule has 0 atom stereocenters. The van der Waals surface area contributed by atoms with Crippen molar-refractivity contribution in [1.29, 1.82) is 5.26 Å². The first-order valence-corrected chi connectivity index (χ1v) is 5.41. The van der Waals surface area contributed by atoms with Crippen LogP contribution in [0.15, 0.2) is 36.4 Å². The van der Waals surface area contributed by atoms with E-state index in [2.05, 4.69) is 30.2 Å². The molecule has 0 aliphatic carbocycles. The summed E-state index contributed by atoms with van der Waals surface area (Å²) in [4.78, 5) is 4.19. The zero-order valence-electron chi connectivity index (χ0n) is 9.86. The van der Waals surface area contributed by atoms with Crippen LogP contribution in [0.25, 0.3) is 0 Å². The van der Waals surface area contributed by atoms with Crippen LogP contribution in [-0.2, 0) is 0 Å². The summed E-state index contributed by atoms with van der Waals surface area (Å²) in [6, 6.07) is 13.5. The smallest absolute Gasteiger partial charge is 0.142 e. The van der Waals surface area contributed by atoms with Crippen molar-refractivity contribution in [2.45, 2.75) is 13.8 Å². The quantitative estimate of drug-likeness (QED) is 0.849. The Hall–Kier alpha value is -2.34. The molecule has 0 bridgehead atoms. The van der Waals surface area contributed by atoms with Gasteiger partial charge in [0, 0.05) is 5.69 Å². The summed E-state index contributed by atoms with van der Waals surface area (Å²) < 4.78 is 0. The highest BCUT2D eigenvalue weighted by Crippen LogP contribution is 2.21. The molecule has 0 aliphatic heterocycles. The molecule has 1 aromatic carbocycles. The molecular formula is C14H13N3. The lowest BCUT2D eigenvalue weighted by molar-refractivity contribution is 1.24. The zero-order valence-corrected chi connectivity index (χ0v) is 9.86. The minimum Gasteiger partial charge on any atom is -0.340 e. The van der Waals surface area contributed by atoms with Crippen LogP contribution in [0.1, 0.15) is 16.8 Å². The number of nitriles is 1. The number of nitrogens with zero attached hydrogens (tertiary/aromatic N) is 2. The van der Waals surface area contributed by atoms with Crippen LogP contribution < -0.4 is 5.32 Å². The van der Waals surface area contributed by atoms with Crippen LogP contribution in [0.4, 0.5) is 11.5 Å². The Morgan fingerprint density at radius 1 is 1.12 bits per heavy atom. The third-order valence-corrected chi connectivity index (χ3v) is 2.73. The van der Waals surface area contributed by atoms with E-state index in [-0.39, 0.29) is 0 Å². The van der Waals surface area contributed by atoms with Crippen LogP contribution in [0.2, 0.25) is 0 Å². The Morgan fingerprint density at radius 3 is 2.65 bits per heavy atom. The molecule has 84 valence electrons. The molecule has 0 aliphatic rings. The summed E-state index contributed by atoms with van der Waals surface area (Å²) in [5.41, 5.74) is 3.86. The first-order chi connectivity index (χ1) is 8.20. The summed E-state index contributed by atoms with van der Waals surface area (Å²) in [5, 5.41) is 12.0. The van der Waals surface area contributed by atoms with Crippen molar-refractivity contribution < 1.29 is 0 Å². The van der Waals surface area contributed by atoms with Crippen molar-refractivity contribution >= 4 is 11.5 Å². The number of anilines is 2. The Labute approximate surface area is 101 Å². The monoisotopic (exact) mass is 223 g/mol.